The van der Waals surface area contributed by atoms with Gasteiger partial charge in [0.1, 0.15) is 58.6 Å². The Morgan fingerprint density at radius 3 is 1.26 bits per heavy atom. The quantitative estimate of drug-likeness (QED) is 0.0921. The van der Waals surface area contributed by atoms with Crippen LogP contribution < -0.4 is 41.7 Å². The minimum absolute atomic E-state index is 0.117. The summed E-state index contributed by atoms with van der Waals surface area (Å²) in [6.07, 6.45) is 0. The van der Waals surface area contributed by atoms with Gasteiger partial charge in [0.05, 0.1) is 36.6 Å². The van der Waals surface area contributed by atoms with Gasteiger partial charge < -0.3 is 48.7 Å². The molecule has 8 rings (SSSR count). The highest BCUT2D eigenvalue weighted by molar-refractivity contribution is 6.00. The molecule has 4 heterocycles. The van der Waals surface area contributed by atoms with Gasteiger partial charge >= 0.3 is 0 Å². The summed E-state index contributed by atoms with van der Waals surface area (Å²) in [5, 5.41) is 8.98. The first-order chi connectivity index (χ1) is 35.4. The SMILES string of the molecule is CCn1nc(C)cc1C(=O)N=c1n(C)c2cc(C(N)=O)cc(OCc3ccc(OC)cc3)c2n1C/C(C)=C(\C)Cn1c(=NC(=O)c2cc(C)nn2CC)n(C)c2cc(C(N)=O)cc(OCc3ccc(OC)cc3)c21. The first-order valence-electron chi connectivity index (χ1n) is 23.9. The summed E-state index contributed by atoms with van der Waals surface area (Å²) in [5.74, 6) is -0.386. The molecule has 4 aromatic heterocycles. The number of primary amides is 2. The van der Waals surface area contributed by atoms with Gasteiger partial charge in [0, 0.05) is 51.4 Å². The molecule has 20 nitrogen and oxygen atoms in total. The number of carbonyl (C=O) groups excluding carboxylic acids is 4. The lowest BCUT2D eigenvalue weighted by Gasteiger charge is -2.16. The zero-order valence-corrected chi connectivity index (χ0v) is 43.2. The Balaban J connectivity index is 1.33. The van der Waals surface area contributed by atoms with Crippen molar-refractivity contribution in [1.29, 1.82) is 0 Å². The number of hydrogen-bond donors (Lipinski definition) is 2. The van der Waals surface area contributed by atoms with E-state index >= 15 is 0 Å². The second-order valence-corrected chi connectivity index (χ2v) is 17.9. The first kappa shape index (κ1) is 51.4. The topological polar surface area (TPSA) is 237 Å². The largest absolute Gasteiger partial charge is 0.497 e. The molecule has 0 aliphatic rings. The van der Waals surface area contributed by atoms with E-state index in [1.807, 2.05) is 99.2 Å². The maximum absolute atomic E-state index is 14.3. The summed E-state index contributed by atoms with van der Waals surface area (Å²) >= 11 is 0. The van der Waals surface area contributed by atoms with Gasteiger partial charge in [-0.15, -0.1) is 0 Å². The molecule has 0 saturated heterocycles. The highest BCUT2D eigenvalue weighted by Crippen LogP contribution is 2.32. The van der Waals surface area contributed by atoms with E-state index in [0.29, 0.717) is 80.9 Å². The summed E-state index contributed by atoms with van der Waals surface area (Å²) in [6, 6.07) is 24.7. The van der Waals surface area contributed by atoms with Gasteiger partial charge in [-0.3, -0.25) is 28.5 Å². The van der Waals surface area contributed by atoms with Crippen LogP contribution in [0.15, 0.2) is 106 Å². The number of nitrogens with two attached hydrogens (primary N) is 2. The second kappa shape index (κ2) is 21.4. The number of rotatable bonds is 18. The van der Waals surface area contributed by atoms with Crippen molar-refractivity contribution < 1.29 is 38.1 Å². The smallest absolute Gasteiger partial charge is 0.298 e. The maximum atomic E-state index is 14.3. The number of fused-ring (bicyclic) bond motifs is 2. The molecule has 0 fully saturated rings. The van der Waals surface area contributed by atoms with Crippen LogP contribution in [-0.2, 0) is 53.5 Å². The van der Waals surface area contributed by atoms with E-state index in [1.54, 1.807) is 83.2 Å². The van der Waals surface area contributed by atoms with E-state index in [4.69, 9.17) is 40.4 Å². The number of aromatic nitrogens is 8. The molecule has 0 saturated carbocycles. The van der Waals surface area contributed by atoms with Gasteiger partial charge in [-0.05, 0) is 113 Å². The van der Waals surface area contributed by atoms with Gasteiger partial charge in [-0.2, -0.15) is 20.2 Å². The third-order valence-corrected chi connectivity index (χ3v) is 12.9. The third-order valence-electron chi connectivity index (χ3n) is 12.9. The minimum Gasteiger partial charge on any atom is -0.497 e. The van der Waals surface area contributed by atoms with Crippen LogP contribution in [0.1, 0.15) is 91.9 Å². The normalized spacial score (nSPS) is 12.4. The Kier molecular flexibility index (Phi) is 14.9. The Bertz CT molecular complexity index is 3430. The average molecular weight is 1010 g/mol. The lowest BCUT2D eigenvalue weighted by Crippen LogP contribution is -2.28. The van der Waals surface area contributed by atoms with Crippen molar-refractivity contribution in [1.82, 2.24) is 37.8 Å². The molecule has 0 aliphatic carbocycles. The monoisotopic (exact) mass is 1000 g/mol. The van der Waals surface area contributed by atoms with Crippen LogP contribution in [0.2, 0.25) is 0 Å². The van der Waals surface area contributed by atoms with Gasteiger partial charge in [-0.1, -0.05) is 35.4 Å². The fourth-order valence-electron chi connectivity index (χ4n) is 8.82. The molecule has 0 radical (unpaired) electrons. The molecule has 20 heteroatoms. The van der Waals surface area contributed by atoms with Crippen LogP contribution in [0.4, 0.5) is 0 Å². The van der Waals surface area contributed by atoms with Gasteiger partial charge in [0.15, 0.2) is 0 Å². The van der Waals surface area contributed by atoms with Crippen molar-refractivity contribution in [3.05, 3.63) is 152 Å². The number of aryl methyl sites for hydroxylation is 6. The predicted molar refractivity (Wildman–Crippen MR) is 277 cm³/mol. The Labute approximate surface area is 426 Å². The van der Waals surface area contributed by atoms with Crippen LogP contribution in [0.5, 0.6) is 23.0 Å². The van der Waals surface area contributed by atoms with E-state index in [-0.39, 0.29) is 48.7 Å². The standard InChI is InChI=1S/C54H60N12O8/c1-11-65-43(21-33(5)59-65)51(69)57-53-61(7)41-23-37(49(55)67)25-45(73-29-35-13-17-39(71-9)18-14-35)47(41)63(53)27-31(3)32(4)28-64-48-42(62(8)54(64)58-52(70)44-22-34(6)60-66(44)12-2)24-38(50(56)68)26-46(48)74-30-36-15-19-40(72-10)20-16-36/h13-26H,11-12,27-30H2,1-10H3,(H2,55,67)(H2,56,68)/b32-31+,57-53?,58-54?. The molecule has 0 bridgehead atoms. The van der Waals surface area contributed by atoms with Crippen LogP contribution in [-0.4, -0.2) is 75.7 Å². The molecule has 4 amide bonds. The summed E-state index contributed by atoms with van der Waals surface area (Å²) in [5.41, 5.74) is 20.1. The van der Waals surface area contributed by atoms with E-state index in [1.165, 1.54) is 0 Å². The van der Waals surface area contributed by atoms with Gasteiger partial charge in [0.2, 0.25) is 23.1 Å². The van der Waals surface area contributed by atoms with Gasteiger partial charge in [-0.25, -0.2) is 0 Å². The molecule has 0 unspecified atom stereocenters. The molecule has 384 valence electrons. The Morgan fingerprint density at radius 1 is 0.568 bits per heavy atom. The van der Waals surface area contributed by atoms with Crippen LogP contribution in [0.25, 0.3) is 22.1 Å². The van der Waals surface area contributed by atoms with E-state index in [0.717, 1.165) is 22.3 Å². The summed E-state index contributed by atoms with van der Waals surface area (Å²) in [4.78, 5) is 63.8. The molecule has 8 aromatic rings. The van der Waals surface area contributed by atoms with Crippen LogP contribution in [0.3, 0.4) is 0 Å². The molecule has 4 N–H and O–H groups in total. The van der Waals surface area contributed by atoms with Crippen molar-refractivity contribution in [2.45, 2.75) is 80.9 Å². The summed E-state index contributed by atoms with van der Waals surface area (Å²) < 4.78 is 34.3. The van der Waals surface area contributed by atoms with Crippen molar-refractivity contribution in [3.8, 4) is 23.0 Å². The number of allylic oxidation sites excluding steroid dienone is 2. The summed E-state index contributed by atoms with van der Waals surface area (Å²) in [6.45, 7) is 12.8. The fraction of sp³-hybridized carbons (Fsp3) is 0.296. The minimum atomic E-state index is -0.672. The second-order valence-electron chi connectivity index (χ2n) is 17.9. The number of benzene rings is 4. The average Bonchev–Trinajstić information content (AvgIpc) is 4.12. The van der Waals surface area contributed by atoms with E-state index in [9.17, 15) is 19.2 Å². The Morgan fingerprint density at radius 2 is 0.932 bits per heavy atom. The van der Waals surface area contributed by atoms with Crippen molar-refractivity contribution in [3.63, 3.8) is 0 Å². The van der Waals surface area contributed by atoms with E-state index < -0.39 is 23.6 Å². The zero-order valence-electron chi connectivity index (χ0n) is 43.2. The number of amides is 4. The fourth-order valence-corrected chi connectivity index (χ4v) is 8.82. The number of methoxy groups -OCH3 is 2. The third kappa shape index (κ3) is 10.4. The summed E-state index contributed by atoms with van der Waals surface area (Å²) in [7, 11) is 6.70. The van der Waals surface area contributed by atoms with Crippen molar-refractivity contribution in [2.24, 2.45) is 35.5 Å². The first-order valence-corrected chi connectivity index (χ1v) is 23.9. The number of carbonyl (C=O) groups is 4. The molecule has 0 spiro atoms. The number of hydrogen-bond acceptors (Lipinski definition) is 10. The highest BCUT2D eigenvalue weighted by atomic mass is 16.5. The number of imidazole rings is 2. The molecule has 4 aromatic carbocycles. The maximum Gasteiger partial charge on any atom is 0.298 e. The Hall–Kier alpha value is -8.94. The molecule has 74 heavy (non-hydrogen) atoms. The molecule has 0 atom stereocenters. The number of nitrogens with zero attached hydrogens (tertiary/aromatic N) is 10. The predicted octanol–water partition coefficient (Wildman–Crippen LogP) is 6.21. The van der Waals surface area contributed by atoms with Crippen molar-refractivity contribution >= 4 is 45.7 Å². The lowest BCUT2D eigenvalue weighted by molar-refractivity contribution is 0.0977. The molecular weight excluding hydrogens is 945 g/mol. The van der Waals surface area contributed by atoms with Crippen molar-refractivity contribution in [2.75, 3.05) is 14.2 Å². The van der Waals surface area contributed by atoms with Gasteiger partial charge in [0.25, 0.3) is 11.8 Å². The number of ether oxygens (including phenoxy) is 4. The zero-order chi connectivity index (χ0) is 53.1. The van der Waals surface area contributed by atoms with Crippen LogP contribution in [0, 0.1) is 13.8 Å². The molecule has 0 aliphatic heterocycles. The van der Waals surface area contributed by atoms with E-state index in [2.05, 4.69) is 10.2 Å². The highest BCUT2D eigenvalue weighted by Gasteiger charge is 2.24. The molecular formula is C54H60N12O8. The lowest BCUT2D eigenvalue weighted by atomic mass is 10.1. The van der Waals surface area contributed by atoms with Crippen LogP contribution >= 0.6 is 0 Å².